The average molecular weight is 303 g/mol. The largest absolute Gasteiger partial charge is 0.383 e. The molecule has 1 atom stereocenters. The van der Waals surface area contributed by atoms with Crippen LogP contribution in [0.4, 0.5) is 10.5 Å². The van der Waals surface area contributed by atoms with E-state index in [1.54, 1.807) is 7.11 Å². The van der Waals surface area contributed by atoms with Crippen LogP contribution in [0.15, 0.2) is 24.3 Å². The van der Waals surface area contributed by atoms with E-state index in [-0.39, 0.29) is 12.1 Å². The molecule has 1 heterocycles. The normalized spacial score (nSPS) is 12.0. The zero-order chi connectivity index (χ0) is 15.9. The number of carbonyl (C=O) groups excluding carboxylic acids is 1. The topological polar surface area (TPSA) is 91.9 Å². The molecule has 2 amide bonds. The quantitative estimate of drug-likeness (QED) is 0.759. The number of H-pyrrole nitrogens is 1. The van der Waals surface area contributed by atoms with E-state index in [2.05, 4.69) is 25.8 Å². The van der Waals surface area contributed by atoms with Crippen LogP contribution in [0.1, 0.15) is 24.1 Å². The summed E-state index contributed by atoms with van der Waals surface area (Å²) < 4.78 is 4.97. The van der Waals surface area contributed by atoms with E-state index >= 15 is 0 Å². The number of aryl methyl sites for hydroxylation is 1. The van der Waals surface area contributed by atoms with Gasteiger partial charge in [-0.3, -0.25) is 5.10 Å². The van der Waals surface area contributed by atoms with Crippen LogP contribution in [-0.2, 0) is 11.2 Å². The monoisotopic (exact) mass is 303 g/mol. The van der Waals surface area contributed by atoms with Crippen LogP contribution >= 0.6 is 0 Å². The molecule has 2 aromatic rings. The SMILES string of the molecule is COC[C@H](C)NC(=O)Nc1ccc(Cc2n[nH]c(C)n2)cc1. The van der Waals surface area contributed by atoms with Crippen LogP contribution in [0.3, 0.4) is 0 Å². The molecule has 0 fully saturated rings. The van der Waals surface area contributed by atoms with E-state index in [1.165, 1.54) is 0 Å². The van der Waals surface area contributed by atoms with Crippen LogP contribution in [0.2, 0.25) is 0 Å². The maximum atomic E-state index is 11.8. The minimum Gasteiger partial charge on any atom is -0.383 e. The Morgan fingerprint density at radius 3 is 2.68 bits per heavy atom. The zero-order valence-corrected chi connectivity index (χ0v) is 13.0. The van der Waals surface area contributed by atoms with E-state index in [0.717, 1.165) is 22.9 Å². The lowest BCUT2D eigenvalue weighted by Crippen LogP contribution is -2.38. The summed E-state index contributed by atoms with van der Waals surface area (Å²) in [5.41, 5.74) is 1.81. The maximum Gasteiger partial charge on any atom is 0.319 e. The van der Waals surface area contributed by atoms with Crippen molar-refractivity contribution in [3.63, 3.8) is 0 Å². The Kier molecular flexibility index (Phi) is 5.48. The minimum atomic E-state index is -0.248. The fourth-order valence-electron chi connectivity index (χ4n) is 2.04. The summed E-state index contributed by atoms with van der Waals surface area (Å²) in [6.45, 7) is 4.22. The minimum absolute atomic E-state index is 0.0433. The first-order valence-corrected chi connectivity index (χ1v) is 7.10. The van der Waals surface area contributed by atoms with Crippen molar-refractivity contribution in [2.75, 3.05) is 19.0 Å². The summed E-state index contributed by atoms with van der Waals surface area (Å²) in [4.78, 5) is 16.0. The third-order valence-corrected chi connectivity index (χ3v) is 3.01. The molecule has 0 aliphatic heterocycles. The fourth-order valence-corrected chi connectivity index (χ4v) is 2.04. The van der Waals surface area contributed by atoms with Gasteiger partial charge in [0.1, 0.15) is 5.82 Å². The Bertz CT molecular complexity index is 609. The molecule has 3 N–H and O–H groups in total. The lowest BCUT2D eigenvalue weighted by Gasteiger charge is -2.13. The Hall–Kier alpha value is -2.41. The van der Waals surface area contributed by atoms with Gasteiger partial charge in [0.25, 0.3) is 0 Å². The van der Waals surface area contributed by atoms with Gasteiger partial charge in [-0.1, -0.05) is 12.1 Å². The van der Waals surface area contributed by atoms with E-state index in [0.29, 0.717) is 13.0 Å². The first kappa shape index (κ1) is 16.0. The number of nitrogens with zero attached hydrogens (tertiary/aromatic N) is 2. The molecule has 1 aromatic carbocycles. The number of hydrogen-bond donors (Lipinski definition) is 3. The summed E-state index contributed by atoms with van der Waals surface area (Å²) in [6, 6.07) is 7.31. The molecule has 1 aromatic heterocycles. The van der Waals surface area contributed by atoms with Gasteiger partial charge in [0, 0.05) is 19.2 Å². The highest BCUT2D eigenvalue weighted by Gasteiger charge is 2.07. The molecular weight excluding hydrogens is 282 g/mol. The molecule has 7 heteroatoms. The number of nitrogens with one attached hydrogen (secondary N) is 3. The molecule has 0 radical (unpaired) electrons. The van der Waals surface area contributed by atoms with Gasteiger partial charge < -0.3 is 15.4 Å². The van der Waals surface area contributed by atoms with Crippen molar-refractivity contribution in [1.82, 2.24) is 20.5 Å². The summed E-state index contributed by atoms with van der Waals surface area (Å²) in [5, 5.41) is 12.5. The second kappa shape index (κ2) is 7.56. The van der Waals surface area contributed by atoms with Crippen molar-refractivity contribution in [3.8, 4) is 0 Å². The standard InChI is InChI=1S/C15H21N5O2/c1-10(9-22-3)16-15(21)18-13-6-4-12(5-7-13)8-14-17-11(2)19-20-14/h4-7,10H,8-9H2,1-3H3,(H2,16,18,21)(H,17,19,20)/t10-/m0/s1. The Balaban J connectivity index is 1.87. The smallest absolute Gasteiger partial charge is 0.319 e. The Labute approximate surface area is 129 Å². The molecule has 0 unspecified atom stereocenters. The molecule has 0 aliphatic carbocycles. The molecule has 0 spiro atoms. The van der Waals surface area contributed by atoms with Crippen LogP contribution in [0.5, 0.6) is 0 Å². The van der Waals surface area contributed by atoms with Gasteiger partial charge in [-0.05, 0) is 31.5 Å². The summed E-state index contributed by atoms with van der Waals surface area (Å²) in [7, 11) is 1.60. The lowest BCUT2D eigenvalue weighted by atomic mass is 10.1. The van der Waals surface area contributed by atoms with Crippen molar-refractivity contribution < 1.29 is 9.53 Å². The first-order chi connectivity index (χ1) is 10.6. The summed E-state index contributed by atoms with van der Waals surface area (Å²) in [6.07, 6.45) is 0.654. The predicted molar refractivity (Wildman–Crippen MR) is 83.9 cm³/mol. The van der Waals surface area contributed by atoms with E-state index in [1.807, 2.05) is 38.1 Å². The average Bonchev–Trinajstić information content (AvgIpc) is 2.86. The highest BCUT2D eigenvalue weighted by Crippen LogP contribution is 2.12. The van der Waals surface area contributed by atoms with Crippen LogP contribution < -0.4 is 10.6 Å². The van der Waals surface area contributed by atoms with Crippen molar-refractivity contribution in [2.45, 2.75) is 26.3 Å². The molecule has 118 valence electrons. The Morgan fingerprint density at radius 2 is 2.09 bits per heavy atom. The summed E-state index contributed by atoms with van der Waals surface area (Å²) >= 11 is 0. The van der Waals surface area contributed by atoms with Crippen LogP contribution in [0.25, 0.3) is 0 Å². The van der Waals surface area contributed by atoms with Crippen molar-refractivity contribution in [2.24, 2.45) is 0 Å². The third kappa shape index (κ3) is 4.85. The second-order valence-corrected chi connectivity index (χ2v) is 5.17. The van der Waals surface area contributed by atoms with E-state index in [9.17, 15) is 4.79 Å². The number of amides is 2. The zero-order valence-electron chi connectivity index (χ0n) is 13.0. The molecular formula is C15H21N5O2. The highest BCUT2D eigenvalue weighted by molar-refractivity contribution is 5.89. The third-order valence-electron chi connectivity index (χ3n) is 3.01. The second-order valence-electron chi connectivity index (χ2n) is 5.17. The van der Waals surface area contributed by atoms with Gasteiger partial charge in [0.2, 0.25) is 0 Å². The number of anilines is 1. The molecule has 0 aliphatic rings. The Morgan fingerprint density at radius 1 is 1.36 bits per heavy atom. The van der Waals surface area contributed by atoms with Crippen molar-refractivity contribution in [3.05, 3.63) is 41.5 Å². The van der Waals surface area contributed by atoms with Gasteiger partial charge in [-0.15, -0.1) is 0 Å². The maximum absolute atomic E-state index is 11.8. The van der Waals surface area contributed by atoms with E-state index in [4.69, 9.17) is 4.74 Å². The first-order valence-electron chi connectivity index (χ1n) is 7.10. The molecule has 0 saturated heterocycles. The molecule has 2 rings (SSSR count). The van der Waals surface area contributed by atoms with Gasteiger partial charge in [0.05, 0.1) is 12.6 Å². The fraction of sp³-hybridized carbons (Fsp3) is 0.400. The number of aromatic nitrogens is 3. The van der Waals surface area contributed by atoms with Crippen molar-refractivity contribution in [1.29, 1.82) is 0 Å². The van der Waals surface area contributed by atoms with Gasteiger partial charge in [-0.25, -0.2) is 9.78 Å². The number of aromatic amines is 1. The lowest BCUT2D eigenvalue weighted by molar-refractivity contribution is 0.173. The number of carbonyl (C=O) groups is 1. The van der Waals surface area contributed by atoms with Crippen molar-refractivity contribution >= 4 is 11.7 Å². The highest BCUT2D eigenvalue weighted by atomic mass is 16.5. The molecule has 7 nitrogen and oxygen atoms in total. The number of methoxy groups -OCH3 is 1. The summed E-state index contributed by atoms with van der Waals surface area (Å²) in [5.74, 6) is 1.56. The van der Waals surface area contributed by atoms with E-state index < -0.39 is 0 Å². The number of ether oxygens (including phenoxy) is 1. The number of urea groups is 1. The number of hydrogen-bond acceptors (Lipinski definition) is 4. The van der Waals surface area contributed by atoms with Gasteiger partial charge in [-0.2, -0.15) is 5.10 Å². The van der Waals surface area contributed by atoms with Gasteiger partial charge >= 0.3 is 6.03 Å². The predicted octanol–water partition coefficient (Wildman–Crippen LogP) is 1.86. The number of rotatable bonds is 6. The molecule has 0 bridgehead atoms. The van der Waals surface area contributed by atoms with Crippen LogP contribution in [0, 0.1) is 6.92 Å². The van der Waals surface area contributed by atoms with Gasteiger partial charge in [0.15, 0.2) is 5.82 Å². The molecule has 22 heavy (non-hydrogen) atoms. The van der Waals surface area contributed by atoms with Crippen LogP contribution in [-0.4, -0.2) is 41.0 Å². The molecule has 0 saturated carbocycles. The number of benzene rings is 1.